The zero-order valence-electron chi connectivity index (χ0n) is 14.3. The topological polar surface area (TPSA) is 45.8 Å². The van der Waals surface area contributed by atoms with Crippen LogP contribution in [0.1, 0.15) is 63.5 Å². The molecule has 4 rings (SSSR count). The number of unbranched alkanes of at least 4 members (excludes halogenated alkanes) is 1. The smallest absolute Gasteiger partial charge is 0.217 e. The summed E-state index contributed by atoms with van der Waals surface area (Å²) in [5, 5.41) is 7.17. The second kappa shape index (κ2) is 5.54. The van der Waals surface area contributed by atoms with Crippen LogP contribution < -0.4 is 0 Å². The summed E-state index contributed by atoms with van der Waals surface area (Å²) < 4.78 is 14.3. The van der Waals surface area contributed by atoms with E-state index in [1.54, 1.807) is 0 Å². The number of nitrogens with one attached hydrogen (secondary N) is 1. The number of ketones is 1. The molecule has 1 heterocycles. The maximum atomic E-state index is 14.3. The van der Waals surface area contributed by atoms with E-state index in [4.69, 9.17) is 0 Å². The number of hydrogen-bond acceptors (Lipinski definition) is 2. The van der Waals surface area contributed by atoms with Gasteiger partial charge in [0.25, 0.3) is 0 Å². The second-order valence-electron chi connectivity index (χ2n) is 7.21. The third-order valence-corrected chi connectivity index (χ3v) is 5.93. The van der Waals surface area contributed by atoms with E-state index in [2.05, 4.69) is 30.1 Å². The molecule has 1 aromatic carbocycles. The number of fused-ring (bicyclic) bond motifs is 5. The fraction of sp³-hybridized carbons (Fsp3) is 0.500. The van der Waals surface area contributed by atoms with Crippen molar-refractivity contribution in [2.45, 2.75) is 58.8 Å². The van der Waals surface area contributed by atoms with Gasteiger partial charge in [-0.3, -0.25) is 9.89 Å². The molecule has 0 saturated carbocycles. The average Bonchev–Trinajstić information content (AvgIpc) is 3.12. The third kappa shape index (κ3) is 2.01. The van der Waals surface area contributed by atoms with Crippen LogP contribution in [-0.4, -0.2) is 16.0 Å². The van der Waals surface area contributed by atoms with Gasteiger partial charge in [-0.1, -0.05) is 32.8 Å². The summed E-state index contributed by atoms with van der Waals surface area (Å²) in [5.74, 6) is -0.0728. The van der Waals surface area contributed by atoms with Gasteiger partial charge < -0.3 is 0 Å². The van der Waals surface area contributed by atoms with E-state index in [1.165, 1.54) is 5.57 Å². The zero-order valence-corrected chi connectivity index (χ0v) is 14.3. The van der Waals surface area contributed by atoms with Crippen LogP contribution in [0.5, 0.6) is 0 Å². The molecule has 3 nitrogen and oxygen atoms in total. The second-order valence-corrected chi connectivity index (χ2v) is 7.21. The van der Waals surface area contributed by atoms with Gasteiger partial charge in [-0.15, -0.1) is 0 Å². The SMILES string of the molecule is CCCC[C@@]12CCC(=O)C(CC)=C1c1ccc3n[nH]c(F)c3c1C2. The van der Waals surface area contributed by atoms with Gasteiger partial charge >= 0.3 is 0 Å². The molecule has 2 aliphatic carbocycles. The van der Waals surface area contributed by atoms with Crippen LogP contribution in [0.25, 0.3) is 16.5 Å². The Morgan fingerprint density at radius 2 is 2.17 bits per heavy atom. The minimum Gasteiger partial charge on any atom is -0.295 e. The van der Waals surface area contributed by atoms with Crippen LogP contribution in [0.2, 0.25) is 0 Å². The van der Waals surface area contributed by atoms with Crippen LogP contribution in [0.3, 0.4) is 0 Å². The van der Waals surface area contributed by atoms with Crippen molar-refractivity contribution >= 4 is 22.3 Å². The van der Waals surface area contributed by atoms with Gasteiger partial charge in [-0.05, 0) is 54.0 Å². The number of aromatic amines is 1. The molecule has 4 heteroatoms. The number of rotatable bonds is 4. The summed E-state index contributed by atoms with van der Waals surface area (Å²) in [6.45, 7) is 4.26. The molecule has 0 fully saturated rings. The monoisotopic (exact) mass is 326 g/mol. The van der Waals surface area contributed by atoms with E-state index in [0.29, 0.717) is 17.3 Å². The molecule has 2 aromatic rings. The van der Waals surface area contributed by atoms with Gasteiger partial charge in [-0.2, -0.15) is 9.49 Å². The van der Waals surface area contributed by atoms with Crippen molar-refractivity contribution < 1.29 is 9.18 Å². The highest BCUT2D eigenvalue weighted by atomic mass is 19.1. The van der Waals surface area contributed by atoms with Gasteiger partial charge in [0.1, 0.15) is 0 Å². The number of hydrogen-bond donors (Lipinski definition) is 1. The van der Waals surface area contributed by atoms with Crippen molar-refractivity contribution in [2.75, 3.05) is 0 Å². The molecule has 0 aliphatic heterocycles. The number of allylic oxidation sites excluding steroid dienone is 2. The Labute approximate surface area is 141 Å². The highest BCUT2D eigenvalue weighted by Crippen LogP contribution is 2.57. The molecule has 1 aromatic heterocycles. The zero-order chi connectivity index (χ0) is 16.9. The quantitative estimate of drug-likeness (QED) is 0.863. The lowest BCUT2D eigenvalue weighted by molar-refractivity contribution is -0.116. The first kappa shape index (κ1) is 15.6. The van der Waals surface area contributed by atoms with Crippen LogP contribution in [-0.2, 0) is 11.2 Å². The van der Waals surface area contributed by atoms with Crippen molar-refractivity contribution in [1.82, 2.24) is 10.2 Å². The number of nitrogens with zero attached hydrogens (tertiary/aromatic N) is 1. The lowest BCUT2D eigenvalue weighted by Crippen LogP contribution is -2.28. The van der Waals surface area contributed by atoms with Crippen molar-refractivity contribution in [2.24, 2.45) is 5.41 Å². The molecule has 0 radical (unpaired) electrons. The summed E-state index contributed by atoms with van der Waals surface area (Å²) >= 11 is 0. The molecule has 1 N–H and O–H groups in total. The Balaban J connectivity index is 2.00. The van der Waals surface area contributed by atoms with Crippen LogP contribution in [0, 0.1) is 11.4 Å². The van der Waals surface area contributed by atoms with Crippen LogP contribution in [0.15, 0.2) is 17.7 Å². The molecule has 0 unspecified atom stereocenters. The number of Topliss-reactive ketones (excluding diaryl/α,β-unsaturated/α-hetero) is 1. The van der Waals surface area contributed by atoms with Crippen molar-refractivity contribution in [3.05, 3.63) is 34.8 Å². The molecule has 1 atom stereocenters. The van der Waals surface area contributed by atoms with E-state index in [1.807, 2.05) is 6.07 Å². The number of carbonyl (C=O) groups excluding carboxylic acids is 1. The first-order valence-corrected chi connectivity index (χ1v) is 9.04. The summed E-state index contributed by atoms with van der Waals surface area (Å²) in [4.78, 5) is 12.5. The Hall–Kier alpha value is -1.97. The standard InChI is InChI=1S/C20H23FN2O/c1-3-5-9-20-10-8-16(24)12(4-2)18(20)13-6-7-15-17(14(13)11-20)19(21)23-22-15/h6-7H,3-5,8-11H2,1-2H3,(H,22,23)/t20-/m0/s1. The molecule has 0 bridgehead atoms. The minimum atomic E-state index is -0.351. The van der Waals surface area contributed by atoms with E-state index in [9.17, 15) is 9.18 Å². The third-order valence-electron chi connectivity index (χ3n) is 5.93. The van der Waals surface area contributed by atoms with Crippen molar-refractivity contribution in [3.63, 3.8) is 0 Å². The fourth-order valence-electron chi connectivity index (χ4n) is 4.84. The van der Waals surface area contributed by atoms with Gasteiger partial charge in [0.2, 0.25) is 5.95 Å². The Bertz CT molecular complexity index is 864. The largest absolute Gasteiger partial charge is 0.295 e. The number of benzene rings is 1. The number of aromatic nitrogens is 2. The molecule has 0 spiro atoms. The maximum Gasteiger partial charge on any atom is 0.217 e. The first-order chi connectivity index (χ1) is 11.6. The Kier molecular flexibility index (Phi) is 3.59. The molecule has 126 valence electrons. The number of H-pyrrole nitrogens is 1. The van der Waals surface area contributed by atoms with Crippen LogP contribution in [0.4, 0.5) is 4.39 Å². The normalized spacial score (nSPS) is 23.0. The Morgan fingerprint density at radius 1 is 1.33 bits per heavy atom. The van der Waals surface area contributed by atoms with Crippen molar-refractivity contribution in [3.8, 4) is 0 Å². The molecule has 0 amide bonds. The van der Waals surface area contributed by atoms with E-state index < -0.39 is 0 Å². The maximum absolute atomic E-state index is 14.3. The lowest BCUT2D eigenvalue weighted by atomic mass is 9.67. The van der Waals surface area contributed by atoms with Gasteiger partial charge in [0.05, 0.1) is 10.9 Å². The fourth-order valence-corrected chi connectivity index (χ4v) is 4.84. The molecule has 2 aliphatic rings. The summed E-state index contributed by atoms with van der Waals surface area (Å²) in [6, 6.07) is 3.93. The predicted molar refractivity (Wildman–Crippen MR) is 93.2 cm³/mol. The summed E-state index contributed by atoms with van der Waals surface area (Å²) in [5.41, 5.74) is 5.01. The van der Waals surface area contributed by atoms with E-state index >= 15 is 0 Å². The highest BCUT2D eigenvalue weighted by Gasteiger charge is 2.47. The predicted octanol–water partition coefficient (Wildman–Crippen LogP) is 4.96. The first-order valence-electron chi connectivity index (χ1n) is 9.04. The van der Waals surface area contributed by atoms with Crippen LogP contribution >= 0.6 is 0 Å². The highest BCUT2D eigenvalue weighted by molar-refractivity contribution is 6.07. The molecular weight excluding hydrogens is 303 g/mol. The lowest BCUT2D eigenvalue weighted by Gasteiger charge is -2.36. The molecule has 0 saturated heterocycles. The average molecular weight is 326 g/mol. The summed E-state index contributed by atoms with van der Waals surface area (Å²) in [6.07, 6.45) is 6.46. The minimum absolute atomic E-state index is 0.00951. The van der Waals surface area contributed by atoms with E-state index in [0.717, 1.165) is 55.2 Å². The number of carbonyl (C=O) groups is 1. The van der Waals surface area contributed by atoms with Gasteiger partial charge in [-0.25, -0.2) is 0 Å². The van der Waals surface area contributed by atoms with Gasteiger partial charge in [0.15, 0.2) is 5.78 Å². The summed E-state index contributed by atoms with van der Waals surface area (Å²) in [7, 11) is 0. The van der Waals surface area contributed by atoms with E-state index in [-0.39, 0.29) is 17.1 Å². The number of halogens is 1. The molecule has 24 heavy (non-hydrogen) atoms. The van der Waals surface area contributed by atoms with Gasteiger partial charge in [0, 0.05) is 11.8 Å². The Morgan fingerprint density at radius 3 is 2.92 bits per heavy atom. The van der Waals surface area contributed by atoms with Crippen molar-refractivity contribution in [1.29, 1.82) is 0 Å². The molecular formula is C20H23FN2O.